The summed E-state index contributed by atoms with van der Waals surface area (Å²) in [7, 11) is 0. The Morgan fingerprint density at radius 2 is 2.12 bits per heavy atom. The SMILES string of the molecule is Cc1nnc(-c2cccc(C(=O)[O-])c2)s1.[Na+]. The molecule has 16 heavy (non-hydrogen) atoms. The van der Waals surface area contributed by atoms with Crippen LogP contribution in [0.15, 0.2) is 24.3 Å². The van der Waals surface area contributed by atoms with Gasteiger partial charge in [0.05, 0.1) is 5.97 Å². The molecule has 0 saturated heterocycles. The fourth-order valence-corrected chi connectivity index (χ4v) is 1.88. The molecule has 2 rings (SSSR count). The summed E-state index contributed by atoms with van der Waals surface area (Å²) < 4.78 is 0. The number of carbonyl (C=O) groups is 1. The quantitative estimate of drug-likeness (QED) is 0.565. The van der Waals surface area contributed by atoms with Gasteiger partial charge < -0.3 is 9.90 Å². The van der Waals surface area contributed by atoms with Gasteiger partial charge in [-0.15, -0.1) is 10.2 Å². The van der Waals surface area contributed by atoms with Crippen LogP contribution in [0.4, 0.5) is 0 Å². The van der Waals surface area contributed by atoms with Crippen LogP contribution in [0.3, 0.4) is 0 Å². The van der Waals surface area contributed by atoms with Crippen molar-refractivity contribution in [1.29, 1.82) is 0 Å². The molecular weight excluding hydrogens is 235 g/mol. The molecule has 0 bridgehead atoms. The Kier molecular flexibility index (Phi) is 4.61. The van der Waals surface area contributed by atoms with E-state index in [2.05, 4.69) is 10.2 Å². The Labute approximate surface area is 119 Å². The van der Waals surface area contributed by atoms with Crippen LogP contribution in [0.5, 0.6) is 0 Å². The topological polar surface area (TPSA) is 65.9 Å². The molecule has 0 spiro atoms. The van der Waals surface area contributed by atoms with E-state index in [9.17, 15) is 9.90 Å². The first-order chi connectivity index (χ1) is 7.16. The zero-order valence-electron chi connectivity index (χ0n) is 8.93. The van der Waals surface area contributed by atoms with Gasteiger partial charge in [-0.3, -0.25) is 0 Å². The van der Waals surface area contributed by atoms with E-state index in [0.717, 1.165) is 15.6 Å². The van der Waals surface area contributed by atoms with Crippen LogP contribution in [0.2, 0.25) is 0 Å². The Balaban J connectivity index is 0.00000128. The van der Waals surface area contributed by atoms with E-state index in [1.807, 2.05) is 6.92 Å². The van der Waals surface area contributed by atoms with Gasteiger partial charge in [0, 0.05) is 5.56 Å². The van der Waals surface area contributed by atoms with Gasteiger partial charge in [0.1, 0.15) is 10.0 Å². The smallest absolute Gasteiger partial charge is 0.545 e. The van der Waals surface area contributed by atoms with Gasteiger partial charge in [-0.1, -0.05) is 29.5 Å². The molecular formula is C10H7N2NaO2S. The Bertz CT molecular complexity index is 513. The van der Waals surface area contributed by atoms with Crippen molar-refractivity contribution in [3.63, 3.8) is 0 Å². The maximum Gasteiger partial charge on any atom is 1.00 e. The van der Waals surface area contributed by atoms with E-state index in [1.165, 1.54) is 23.5 Å². The molecule has 1 aromatic heterocycles. The van der Waals surface area contributed by atoms with E-state index in [-0.39, 0.29) is 35.1 Å². The second kappa shape index (κ2) is 5.54. The third-order valence-electron chi connectivity index (χ3n) is 1.87. The molecule has 0 radical (unpaired) electrons. The normalized spacial score (nSPS) is 9.56. The molecule has 0 aliphatic heterocycles. The summed E-state index contributed by atoms with van der Waals surface area (Å²) in [6.07, 6.45) is 0. The van der Waals surface area contributed by atoms with Gasteiger partial charge in [0.2, 0.25) is 0 Å². The van der Waals surface area contributed by atoms with Gasteiger partial charge >= 0.3 is 29.6 Å². The maximum atomic E-state index is 10.6. The Hall–Kier alpha value is -0.750. The van der Waals surface area contributed by atoms with Crippen molar-refractivity contribution >= 4 is 17.3 Å². The Morgan fingerprint density at radius 1 is 1.38 bits per heavy atom. The third-order valence-corrected chi connectivity index (χ3v) is 2.76. The summed E-state index contributed by atoms with van der Waals surface area (Å²) in [5.41, 5.74) is 0.905. The molecule has 0 unspecified atom stereocenters. The van der Waals surface area contributed by atoms with Crippen LogP contribution in [0.25, 0.3) is 10.6 Å². The molecule has 1 aromatic carbocycles. The first kappa shape index (κ1) is 13.3. The van der Waals surface area contributed by atoms with Crippen LogP contribution in [-0.4, -0.2) is 16.2 Å². The van der Waals surface area contributed by atoms with Crippen LogP contribution in [-0.2, 0) is 0 Å². The molecule has 0 aliphatic rings. The van der Waals surface area contributed by atoms with Crippen molar-refractivity contribution < 1.29 is 39.5 Å². The Morgan fingerprint density at radius 3 is 2.69 bits per heavy atom. The minimum absolute atomic E-state index is 0. The fourth-order valence-electron chi connectivity index (χ4n) is 1.19. The average Bonchev–Trinajstić information content (AvgIpc) is 2.65. The van der Waals surface area contributed by atoms with Gasteiger partial charge in [-0.05, 0) is 18.6 Å². The second-order valence-corrected chi connectivity index (χ2v) is 4.18. The van der Waals surface area contributed by atoms with Crippen molar-refractivity contribution in [2.45, 2.75) is 6.92 Å². The predicted molar refractivity (Wildman–Crippen MR) is 54.4 cm³/mol. The third kappa shape index (κ3) is 2.89. The van der Waals surface area contributed by atoms with Crippen molar-refractivity contribution in [1.82, 2.24) is 10.2 Å². The van der Waals surface area contributed by atoms with Crippen LogP contribution in [0, 0.1) is 6.92 Å². The second-order valence-electron chi connectivity index (χ2n) is 2.99. The molecule has 1 heterocycles. The molecule has 76 valence electrons. The number of carboxylic acid groups (broad SMARTS) is 1. The monoisotopic (exact) mass is 242 g/mol. The van der Waals surface area contributed by atoms with Gasteiger partial charge in [0.15, 0.2) is 0 Å². The zero-order valence-corrected chi connectivity index (χ0v) is 11.7. The van der Waals surface area contributed by atoms with Crippen LogP contribution >= 0.6 is 11.3 Å². The summed E-state index contributed by atoms with van der Waals surface area (Å²) in [5.74, 6) is -1.18. The molecule has 0 atom stereocenters. The standard InChI is InChI=1S/C10H8N2O2S.Na/c1-6-11-12-9(15-6)7-3-2-4-8(5-7)10(13)14;/h2-5H,1H3,(H,13,14);/q;+1/p-1. The number of carbonyl (C=O) groups excluding carboxylic acids is 1. The molecule has 0 saturated carbocycles. The summed E-state index contributed by atoms with van der Waals surface area (Å²) >= 11 is 1.43. The number of nitrogens with zero attached hydrogens (tertiary/aromatic N) is 2. The van der Waals surface area contributed by atoms with Crippen LogP contribution in [0.1, 0.15) is 15.4 Å². The average molecular weight is 242 g/mol. The summed E-state index contributed by atoms with van der Waals surface area (Å²) in [6, 6.07) is 6.49. The predicted octanol–water partition coefficient (Wildman–Crippen LogP) is -2.12. The number of hydrogen-bond donors (Lipinski definition) is 0. The molecule has 0 amide bonds. The minimum atomic E-state index is -1.18. The number of aryl methyl sites for hydroxylation is 1. The molecule has 0 N–H and O–H groups in total. The number of hydrogen-bond acceptors (Lipinski definition) is 5. The maximum absolute atomic E-state index is 10.6. The molecule has 2 aromatic rings. The van der Waals surface area contributed by atoms with E-state index >= 15 is 0 Å². The van der Waals surface area contributed by atoms with E-state index < -0.39 is 5.97 Å². The van der Waals surface area contributed by atoms with Crippen molar-refractivity contribution in [3.8, 4) is 10.6 Å². The van der Waals surface area contributed by atoms with E-state index in [1.54, 1.807) is 12.1 Å². The summed E-state index contributed by atoms with van der Waals surface area (Å²) in [6.45, 7) is 1.85. The first-order valence-electron chi connectivity index (χ1n) is 4.29. The number of aromatic nitrogens is 2. The number of benzene rings is 1. The van der Waals surface area contributed by atoms with E-state index in [0.29, 0.717) is 0 Å². The largest absolute Gasteiger partial charge is 1.00 e. The molecule has 0 aliphatic carbocycles. The van der Waals surface area contributed by atoms with Crippen molar-refractivity contribution in [2.75, 3.05) is 0 Å². The molecule has 0 fully saturated rings. The fraction of sp³-hybridized carbons (Fsp3) is 0.100. The number of carboxylic acids is 1. The van der Waals surface area contributed by atoms with Crippen LogP contribution < -0.4 is 34.7 Å². The summed E-state index contributed by atoms with van der Waals surface area (Å²) in [4.78, 5) is 10.6. The van der Waals surface area contributed by atoms with Gasteiger partial charge in [-0.25, -0.2) is 0 Å². The summed E-state index contributed by atoms with van der Waals surface area (Å²) in [5, 5.41) is 20.0. The van der Waals surface area contributed by atoms with Gasteiger partial charge in [-0.2, -0.15) is 0 Å². The minimum Gasteiger partial charge on any atom is -0.545 e. The van der Waals surface area contributed by atoms with E-state index in [4.69, 9.17) is 0 Å². The molecule has 6 heteroatoms. The number of rotatable bonds is 2. The van der Waals surface area contributed by atoms with Crippen molar-refractivity contribution in [3.05, 3.63) is 34.8 Å². The van der Waals surface area contributed by atoms with Gasteiger partial charge in [0.25, 0.3) is 0 Å². The zero-order chi connectivity index (χ0) is 10.8. The first-order valence-corrected chi connectivity index (χ1v) is 5.10. The number of aromatic carboxylic acids is 1. The van der Waals surface area contributed by atoms with Crippen molar-refractivity contribution in [2.24, 2.45) is 0 Å². The molecule has 4 nitrogen and oxygen atoms in total.